The summed E-state index contributed by atoms with van der Waals surface area (Å²) in [6, 6.07) is 2.03. The van der Waals surface area contributed by atoms with E-state index in [1.807, 2.05) is 4.90 Å². The number of alkyl halides is 1. The monoisotopic (exact) mass is 269 g/mol. The number of aromatic nitrogens is 2. The van der Waals surface area contributed by atoms with Crippen molar-refractivity contribution in [3.05, 3.63) is 24.0 Å². The van der Waals surface area contributed by atoms with Crippen LogP contribution in [0.5, 0.6) is 0 Å². The molecule has 0 radical (unpaired) electrons. The first-order chi connectivity index (χ1) is 7.33. The molecule has 0 N–H and O–H groups in total. The first-order valence-electron chi connectivity index (χ1n) is 4.96. The summed E-state index contributed by atoms with van der Waals surface area (Å²) in [6.07, 6.45) is 5.23. The molecule has 1 unspecified atom stereocenters. The van der Waals surface area contributed by atoms with Gasteiger partial charge in [-0.05, 0) is 18.9 Å². The quantitative estimate of drug-likeness (QED) is 0.765. The van der Waals surface area contributed by atoms with E-state index in [4.69, 9.17) is 0 Å². The maximum atomic E-state index is 12.1. The van der Waals surface area contributed by atoms with Crippen molar-refractivity contribution in [3.8, 4) is 0 Å². The Kier molecular flexibility index (Phi) is 3.30. The molecule has 1 aromatic heterocycles. The molecular formula is C10H12BrN3O. The van der Waals surface area contributed by atoms with Crippen LogP contribution in [0.1, 0.15) is 23.2 Å². The molecule has 80 valence electrons. The Morgan fingerprint density at radius 3 is 3.13 bits per heavy atom. The number of rotatable bonds is 2. The van der Waals surface area contributed by atoms with Gasteiger partial charge in [0.1, 0.15) is 0 Å². The summed E-state index contributed by atoms with van der Waals surface area (Å²) in [6.45, 7) is 0.845. The van der Waals surface area contributed by atoms with E-state index in [-0.39, 0.29) is 5.91 Å². The SMILES string of the molecule is O=C(c1ccnnc1)N1CCCC1CBr. The van der Waals surface area contributed by atoms with E-state index in [9.17, 15) is 4.79 Å². The van der Waals surface area contributed by atoms with Gasteiger partial charge in [-0.3, -0.25) is 4.79 Å². The number of hydrogen-bond acceptors (Lipinski definition) is 3. The lowest BCUT2D eigenvalue weighted by molar-refractivity contribution is 0.0750. The van der Waals surface area contributed by atoms with Crippen molar-refractivity contribution in [1.29, 1.82) is 0 Å². The van der Waals surface area contributed by atoms with E-state index in [1.165, 1.54) is 6.20 Å². The van der Waals surface area contributed by atoms with Gasteiger partial charge in [0.2, 0.25) is 0 Å². The lowest BCUT2D eigenvalue weighted by Crippen LogP contribution is -2.36. The molecule has 2 rings (SSSR count). The van der Waals surface area contributed by atoms with Gasteiger partial charge in [-0.1, -0.05) is 15.9 Å². The fraction of sp³-hybridized carbons (Fsp3) is 0.500. The standard InChI is InChI=1S/C10H12BrN3O/c11-6-9-2-1-5-14(9)10(15)8-3-4-12-13-7-8/h3-4,7,9H,1-2,5-6H2. The zero-order valence-electron chi connectivity index (χ0n) is 8.27. The number of carbonyl (C=O) groups excluding carboxylic acids is 1. The van der Waals surface area contributed by atoms with Crippen LogP contribution in [0.2, 0.25) is 0 Å². The van der Waals surface area contributed by atoms with E-state index >= 15 is 0 Å². The van der Waals surface area contributed by atoms with Gasteiger partial charge in [0.15, 0.2) is 0 Å². The van der Waals surface area contributed by atoms with Crippen LogP contribution >= 0.6 is 15.9 Å². The Labute approximate surface area is 96.8 Å². The third-order valence-corrected chi connectivity index (χ3v) is 3.39. The Hall–Kier alpha value is -0.970. The fourth-order valence-electron chi connectivity index (χ4n) is 1.85. The summed E-state index contributed by atoms with van der Waals surface area (Å²) in [4.78, 5) is 14.0. The predicted octanol–water partition coefficient (Wildman–Crippen LogP) is 1.48. The molecule has 2 heterocycles. The van der Waals surface area contributed by atoms with Crippen LogP contribution in [-0.2, 0) is 0 Å². The molecule has 0 aromatic carbocycles. The lowest BCUT2D eigenvalue weighted by atomic mass is 10.2. The molecule has 0 saturated carbocycles. The first kappa shape index (κ1) is 10.5. The summed E-state index contributed by atoms with van der Waals surface area (Å²) in [5, 5.41) is 8.23. The largest absolute Gasteiger partial charge is 0.335 e. The minimum absolute atomic E-state index is 0.0619. The summed E-state index contributed by atoms with van der Waals surface area (Å²) in [5.74, 6) is 0.0619. The number of hydrogen-bond donors (Lipinski definition) is 0. The molecule has 4 nitrogen and oxygen atoms in total. The maximum Gasteiger partial charge on any atom is 0.255 e. The van der Waals surface area contributed by atoms with Crippen LogP contribution in [-0.4, -0.2) is 38.9 Å². The molecule has 1 aliphatic heterocycles. The van der Waals surface area contributed by atoms with Gasteiger partial charge in [-0.15, -0.1) is 0 Å². The van der Waals surface area contributed by atoms with Gasteiger partial charge in [0.25, 0.3) is 5.91 Å². The summed E-state index contributed by atoms with van der Waals surface area (Å²) in [7, 11) is 0. The Bertz CT molecular complexity index is 344. The second-order valence-corrected chi connectivity index (χ2v) is 4.23. The van der Waals surface area contributed by atoms with Crippen molar-refractivity contribution >= 4 is 21.8 Å². The van der Waals surface area contributed by atoms with Crippen molar-refractivity contribution < 1.29 is 4.79 Å². The number of likely N-dealkylation sites (tertiary alicyclic amines) is 1. The van der Waals surface area contributed by atoms with Crippen LogP contribution in [0.3, 0.4) is 0 Å². The average Bonchev–Trinajstić information content (AvgIpc) is 2.77. The van der Waals surface area contributed by atoms with Crippen molar-refractivity contribution in [1.82, 2.24) is 15.1 Å². The third kappa shape index (κ3) is 2.17. The summed E-state index contributed by atoms with van der Waals surface area (Å²) in [5.41, 5.74) is 0.623. The van der Waals surface area contributed by atoms with Gasteiger partial charge >= 0.3 is 0 Å². The third-order valence-electron chi connectivity index (χ3n) is 2.65. The van der Waals surface area contributed by atoms with Crippen molar-refractivity contribution in [2.75, 3.05) is 11.9 Å². The second kappa shape index (κ2) is 4.70. The van der Waals surface area contributed by atoms with E-state index < -0.39 is 0 Å². The van der Waals surface area contributed by atoms with E-state index in [2.05, 4.69) is 26.1 Å². The highest BCUT2D eigenvalue weighted by atomic mass is 79.9. The van der Waals surface area contributed by atoms with Gasteiger partial charge in [-0.25, -0.2) is 0 Å². The molecule has 15 heavy (non-hydrogen) atoms. The van der Waals surface area contributed by atoms with Crippen LogP contribution in [0.15, 0.2) is 18.5 Å². The minimum atomic E-state index is 0.0619. The van der Waals surface area contributed by atoms with Crippen molar-refractivity contribution in [2.45, 2.75) is 18.9 Å². The highest BCUT2D eigenvalue weighted by Crippen LogP contribution is 2.20. The van der Waals surface area contributed by atoms with Crippen LogP contribution < -0.4 is 0 Å². The van der Waals surface area contributed by atoms with E-state index in [0.29, 0.717) is 11.6 Å². The van der Waals surface area contributed by atoms with Crippen LogP contribution in [0.4, 0.5) is 0 Å². The van der Waals surface area contributed by atoms with E-state index in [1.54, 1.807) is 12.3 Å². The average molecular weight is 270 g/mol. The molecule has 1 aromatic rings. The number of amides is 1. The van der Waals surface area contributed by atoms with Crippen LogP contribution in [0.25, 0.3) is 0 Å². The molecule has 0 spiro atoms. The highest BCUT2D eigenvalue weighted by molar-refractivity contribution is 9.09. The number of carbonyl (C=O) groups is 1. The van der Waals surface area contributed by atoms with Gasteiger partial charge in [-0.2, -0.15) is 10.2 Å². The zero-order chi connectivity index (χ0) is 10.7. The fourth-order valence-corrected chi connectivity index (χ4v) is 2.52. The second-order valence-electron chi connectivity index (χ2n) is 3.58. The molecular weight excluding hydrogens is 258 g/mol. The zero-order valence-corrected chi connectivity index (χ0v) is 9.85. The van der Waals surface area contributed by atoms with E-state index in [0.717, 1.165) is 24.7 Å². The molecule has 1 fully saturated rings. The molecule has 1 atom stereocenters. The minimum Gasteiger partial charge on any atom is -0.335 e. The maximum absolute atomic E-state index is 12.1. The topological polar surface area (TPSA) is 46.1 Å². The first-order valence-corrected chi connectivity index (χ1v) is 6.08. The molecule has 1 saturated heterocycles. The molecule has 0 bridgehead atoms. The van der Waals surface area contributed by atoms with Gasteiger partial charge in [0, 0.05) is 17.9 Å². The Morgan fingerprint density at radius 1 is 1.60 bits per heavy atom. The van der Waals surface area contributed by atoms with Crippen molar-refractivity contribution in [3.63, 3.8) is 0 Å². The summed E-state index contributed by atoms with van der Waals surface area (Å²) < 4.78 is 0. The smallest absolute Gasteiger partial charge is 0.255 e. The van der Waals surface area contributed by atoms with Gasteiger partial charge < -0.3 is 4.90 Å². The van der Waals surface area contributed by atoms with Crippen molar-refractivity contribution in [2.24, 2.45) is 0 Å². The molecule has 1 aliphatic rings. The predicted molar refractivity (Wildman–Crippen MR) is 59.9 cm³/mol. The molecule has 0 aliphatic carbocycles. The van der Waals surface area contributed by atoms with Crippen LogP contribution in [0, 0.1) is 0 Å². The number of nitrogens with zero attached hydrogens (tertiary/aromatic N) is 3. The molecule has 5 heteroatoms. The highest BCUT2D eigenvalue weighted by Gasteiger charge is 2.28. The normalized spacial score (nSPS) is 20.6. The Balaban J connectivity index is 2.14. The lowest BCUT2D eigenvalue weighted by Gasteiger charge is -2.22. The number of halogens is 1. The van der Waals surface area contributed by atoms with Gasteiger partial charge in [0.05, 0.1) is 18.0 Å². The summed E-state index contributed by atoms with van der Waals surface area (Å²) >= 11 is 3.44. The Morgan fingerprint density at radius 2 is 2.47 bits per heavy atom. The molecule has 1 amide bonds.